The second-order valence-corrected chi connectivity index (χ2v) is 4.30. The highest BCUT2D eigenvalue weighted by atomic mass is 16.3. The highest BCUT2D eigenvalue weighted by molar-refractivity contribution is 5.42. The third-order valence-electron chi connectivity index (χ3n) is 2.45. The first-order valence-electron chi connectivity index (χ1n) is 6.04. The smallest absolute Gasteiger partial charge is 0.185 e. The fraction of sp³-hybridized carbons (Fsp3) is 0.111. The molecule has 0 aliphatic carbocycles. The molecule has 0 heterocycles. The van der Waals surface area contributed by atoms with E-state index in [0.29, 0.717) is 0 Å². The molecule has 2 rings (SSSR count). The molecule has 0 aliphatic rings. The largest absolute Gasteiger partial charge is 0.367 e. The normalized spacial score (nSPS) is 9.79. The molecule has 1 N–H and O–H groups in total. The zero-order valence-electron chi connectivity index (χ0n) is 10.7. The maximum Gasteiger partial charge on any atom is 0.185 e. The van der Waals surface area contributed by atoms with E-state index in [-0.39, 0.29) is 0 Å². The lowest BCUT2D eigenvalue weighted by Gasteiger charge is -2.06. The molecule has 0 fully saturated rings. The van der Waals surface area contributed by atoms with Gasteiger partial charge in [-0.2, -0.15) is 0 Å². The van der Waals surface area contributed by atoms with E-state index in [9.17, 15) is 5.11 Å². The zero-order chi connectivity index (χ0) is 13.6. The van der Waals surface area contributed by atoms with Gasteiger partial charge in [0.05, 0.1) is 0 Å². The molecule has 0 aromatic heterocycles. The topological polar surface area (TPSA) is 20.2 Å². The second-order valence-electron chi connectivity index (χ2n) is 4.30. The number of hydrogen-bond acceptors (Lipinski definition) is 1. The summed E-state index contributed by atoms with van der Waals surface area (Å²) in [5, 5.41) is 10.1. The third kappa shape index (κ3) is 4.36. The van der Waals surface area contributed by atoms with E-state index < -0.39 is 5.60 Å². The molecule has 0 atom stereocenters. The van der Waals surface area contributed by atoms with Gasteiger partial charge in [0, 0.05) is 11.1 Å². The van der Waals surface area contributed by atoms with Crippen molar-refractivity contribution in [2.24, 2.45) is 0 Å². The molecule has 92 valence electrons. The van der Waals surface area contributed by atoms with Crippen LogP contribution in [-0.4, -0.2) is 10.7 Å². The Morgan fingerprint density at radius 3 is 1.47 bits per heavy atom. The summed E-state index contributed by atoms with van der Waals surface area (Å²) in [6, 6.07) is 19.1. The summed E-state index contributed by atoms with van der Waals surface area (Å²) < 4.78 is 0. The highest BCUT2D eigenvalue weighted by Gasteiger charge is 2.11. The zero-order valence-corrected chi connectivity index (χ0v) is 10.7. The van der Waals surface area contributed by atoms with Crippen molar-refractivity contribution in [3.05, 3.63) is 71.8 Å². The maximum atomic E-state index is 10.1. The van der Waals surface area contributed by atoms with Crippen LogP contribution in [0.15, 0.2) is 60.7 Å². The Morgan fingerprint density at radius 1 is 0.737 bits per heavy atom. The van der Waals surface area contributed by atoms with Crippen LogP contribution in [0.4, 0.5) is 0 Å². The van der Waals surface area contributed by atoms with Crippen LogP contribution in [0.1, 0.15) is 18.1 Å². The predicted molar refractivity (Wildman–Crippen MR) is 77.3 cm³/mol. The molecule has 0 bridgehead atoms. The molecule has 1 nitrogen and oxygen atoms in total. The fourth-order valence-electron chi connectivity index (χ4n) is 1.46. The Balaban J connectivity index is 2.16. The first kappa shape index (κ1) is 13.0. The van der Waals surface area contributed by atoms with Crippen molar-refractivity contribution in [1.29, 1.82) is 0 Å². The van der Waals surface area contributed by atoms with Crippen molar-refractivity contribution in [2.45, 2.75) is 12.5 Å². The van der Waals surface area contributed by atoms with Crippen molar-refractivity contribution in [1.82, 2.24) is 0 Å². The first-order valence-corrected chi connectivity index (χ1v) is 6.04. The van der Waals surface area contributed by atoms with E-state index in [1.165, 1.54) is 0 Å². The lowest BCUT2D eigenvalue weighted by Crippen LogP contribution is -2.18. The van der Waals surface area contributed by atoms with Gasteiger partial charge in [-0.15, -0.1) is 0 Å². The molecular formula is C18H14O. The van der Waals surface area contributed by atoms with Gasteiger partial charge in [-0.3, -0.25) is 0 Å². The van der Waals surface area contributed by atoms with E-state index in [2.05, 4.69) is 23.7 Å². The molecule has 1 heteroatoms. The van der Waals surface area contributed by atoms with Crippen LogP contribution in [0.25, 0.3) is 0 Å². The van der Waals surface area contributed by atoms with Gasteiger partial charge in [-0.1, -0.05) is 48.2 Å². The number of aliphatic hydroxyl groups is 1. The van der Waals surface area contributed by atoms with Crippen LogP contribution < -0.4 is 0 Å². The maximum absolute atomic E-state index is 10.1. The average Bonchev–Trinajstić information content (AvgIpc) is 2.46. The Labute approximate surface area is 113 Å². The second kappa shape index (κ2) is 5.91. The van der Waals surface area contributed by atoms with Crippen LogP contribution in [-0.2, 0) is 0 Å². The number of hydrogen-bond donors (Lipinski definition) is 1. The van der Waals surface area contributed by atoms with Gasteiger partial charge in [0.15, 0.2) is 5.60 Å². The lowest BCUT2D eigenvalue weighted by atomic mass is 10.1. The van der Waals surface area contributed by atoms with Crippen molar-refractivity contribution >= 4 is 0 Å². The molecule has 19 heavy (non-hydrogen) atoms. The third-order valence-corrected chi connectivity index (χ3v) is 2.45. The monoisotopic (exact) mass is 246 g/mol. The van der Waals surface area contributed by atoms with Gasteiger partial charge < -0.3 is 5.11 Å². The standard InChI is InChI=1S/C18H14O/c1-18(19,14-12-16-8-4-2-5-9-16)15-13-17-10-6-3-7-11-17/h2-11,19H,1H3. The van der Waals surface area contributed by atoms with Gasteiger partial charge in [0.25, 0.3) is 0 Å². The molecule has 0 aliphatic heterocycles. The molecular weight excluding hydrogens is 232 g/mol. The predicted octanol–water partition coefficient (Wildman–Crippen LogP) is 2.84. The van der Waals surface area contributed by atoms with Gasteiger partial charge in [0.2, 0.25) is 0 Å². The van der Waals surface area contributed by atoms with E-state index in [4.69, 9.17) is 0 Å². The minimum absolute atomic E-state index is 0.865. The van der Waals surface area contributed by atoms with Gasteiger partial charge in [-0.25, -0.2) is 0 Å². The van der Waals surface area contributed by atoms with Crippen LogP contribution >= 0.6 is 0 Å². The summed E-state index contributed by atoms with van der Waals surface area (Å²) in [5.74, 6) is 11.4. The van der Waals surface area contributed by atoms with E-state index >= 15 is 0 Å². The van der Waals surface area contributed by atoms with E-state index in [0.717, 1.165) is 11.1 Å². The van der Waals surface area contributed by atoms with E-state index in [1.54, 1.807) is 6.92 Å². The molecule has 0 saturated carbocycles. The summed E-state index contributed by atoms with van der Waals surface area (Å²) in [5.41, 5.74) is 0.416. The average molecular weight is 246 g/mol. The Hall–Kier alpha value is -2.48. The van der Waals surface area contributed by atoms with Crippen molar-refractivity contribution < 1.29 is 5.11 Å². The minimum Gasteiger partial charge on any atom is -0.367 e. The fourth-order valence-corrected chi connectivity index (χ4v) is 1.46. The minimum atomic E-state index is -1.31. The molecule has 2 aromatic rings. The summed E-state index contributed by atoms with van der Waals surface area (Å²) in [6.07, 6.45) is 0. The van der Waals surface area contributed by atoms with Crippen molar-refractivity contribution in [2.75, 3.05) is 0 Å². The van der Waals surface area contributed by atoms with Gasteiger partial charge in [-0.05, 0) is 43.0 Å². The first-order chi connectivity index (χ1) is 9.16. The van der Waals surface area contributed by atoms with Crippen LogP contribution in [0.3, 0.4) is 0 Å². The van der Waals surface area contributed by atoms with E-state index in [1.807, 2.05) is 60.7 Å². The van der Waals surface area contributed by atoms with Crippen LogP contribution in [0, 0.1) is 23.7 Å². The molecule has 0 radical (unpaired) electrons. The molecule has 0 amide bonds. The molecule has 0 saturated heterocycles. The number of benzene rings is 2. The van der Waals surface area contributed by atoms with Crippen LogP contribution in [0.5, 0.6) is 0 Å². The summed E-state index contributed by atoms with van der Waals surface area (Å²) >= 11 is 0. The number of rotatable bonds is 0. The van der Waals surface area contributed by atoms with Gasteiger partial charge >= 0.3 is 0 Å². The van der Waals surface area contributed by atoms with Crippen molar-refractivity contribution in [3.63, 3.8) is 0 Å². The van der Waals surface area contributed by atoms with Gasteiger partial charge in [0.1, 0.15) is 0 Å². The summed E-state index contributed by atoms with van der Waals surface area (Å²) in [6.45, 7) is 1.60. The molecule has 0 unspecified atom stereocenters. The highest BCUT2D eigenvalue weighted by Crippen LogP contribution is 2.03. The Kier molecular flexibility index (Phi) is 4.04. The molecule has 0 spiro atoms. The summed E-state index contributed by atoms with van der Waals surface area (Å²) in [4.78, 5) is 0. The lowest BCUT2D eigenvalue weighted by molar-refractivity contribution is 0.184. The summed E-state index contributed by atoms with van der Waals surface area (Å²) in [7, 11) is 0. The van der Waals surface area contributed by atoms with Crippen molar-refractivity contribution in [3.8, 4) is 23.7 Å². The molecule has 2 aromatic carbocycles. The quantitative estimate of drug-likeness (QED) is 0.709. The Bertz CT molecular complexity index is 587. The Morgan fingerprint density at radius 2 is 1.11 bits per heavy atom. The van der Waals surface area contributed by atoms with Crippen LogP contribution in [0.2, 0.25) is 0 Å². The SMILES string of the molecule is CC(O)(C#Cc1ccccc1)C#Cc1ccccc1.